The Morgan fingerprint density at radius 3 is 2.95 bits per heavy atom. The second-order valence-corrected chi connectivity index (χ2v) is 4.84. The Kier molecular flexibility index (Phi) is 4.61. The van der Waals surface area contributed by atoms with Crippen LogP contribution in [0, 0.1) is 6.92 Å². The van der Waals surface area contributed by atoms with Crippen LogP contribution in [0.1, 0.15) is 37.6 Å². The zero-order valence-electron chi connectivity index (χ0n) is 11.9. The van der Waals surface area contributed by atoms with E-state index in [9.17, 15) is 4.79 Å². The van der Waals surface area contributed by atoms with Crippen molar-refractivity contribution >= 4 is 11.6 Å². The highest BCUT2D eigenvalue weighted by Crippen LogP contribution is 2.22. The summed E-state index contributed by atoms with van der Waals surface area (Å²) in [7, 11) is 0. The minimum Gasteiger partial charge on any atom is -0.490 e. The molecule has 0 saturated heterocycles. The second-order valence-electron chi connectivity index (χ2n) is 4.84. The van der Waals surface area contributed by atoms with Crippen molar-refractivity contribution in [3.8, 4) is 5.75 Å². The summed E-state index contributed by atoms with van der Waals surface area (Å²) in [6.45, 7) is 4.64. The van der Waals surface area contributed by atoms with Crippen LogP contribution in [0.25, 0.3) is 5.65 Å². The highest BCUT2D eigenvalue weighted by molar-refractivity contribution is 5.71. The molecule has 0 aliphatic carbocycles. The van der Waals surface area contributed by atoms with Crippen molar-refractivity contribution in [1.82, 2.24) is 9.38 Å². The fourth-order valence-corrected chi connectivity index (χ4v) is 2.21. The summed E-state index contributed by atoms with van der Waals surface area (Å²) >= 11 is 0. The van der Waals surface area contributed by atoms with E-state index in [2.05, 4.69) is 11.9 Å². The van der Waals surface area contributed by atoms with Gasteiger partial charge in [0.2, 0.25) is 0 Å². The number of hydrogen-bond acceptors (Lipinski definition) is 3. The van der Waals surface area contributed by atoms with Gasteiger partial charge in [-0.2, -0.15) is 0 Å². The Morgan fingerprint density at radius 2 is 2.25 bits per heavy atom. The van der Waals surface area contributed by atoms with Gasteiger partial charge in [-0.15, -0.1) is 0 Å². The van der Waals surface area contributed by atoms with E-state index in [0.717, 1.165) is 25.0 Å². The number of carboxylic acids is 1. The van der Waals surface area contributed by atoms with E-state index in [4.69, 9.17) is 9.84 Å². The van der Waals surface area contributed by atoms with Crippen LogP contribution in [-0.4, -0.2) is 27.1 Å². The minimum absolute atomic E-state index is 0.0354. The Morgan fingerprint density at radius 1 is 1.45 bits per heavy atom. The van der Waals surface area contributed by atoms with Crippen LogP contribution in [0.5, 0.6) is 5.75 Å². The number of carboxylic acid groups (broad SMARTS) is 1. The molecule has 0 spiro atoms. The third-order valence-corrected chi connectivity index (χ3v) is 3.24. The second kappa shape index (κ2) is 6.41. The molecule has 2 heterocycles. The van der Waals surface area contributed by atoms with Crippen LogP contribution in [0.2, 0.25) is 0 Å². The van der Waals surface area contributed by atoms with Crippen molar-refractivity contribution in [2.24, 2.45) is 0 Å². The molecule has 0 aliphatic rings. The molecule has 0 amide bonds. The monoisotopic (exact) mass is 276 g/mol. The first-order valence-electron chi connectivity index (χ1n) is 6.94. The van der Waals surface area contributed by atoms with Gasteiger partial charge in [-0.1, -0.05) is 19.8 Å². The first-order chi connectivity index (χ1) is 9.63. The van der Waals surface area contributed by atoms with Crippen molar-refractivity contribution in [2.75, 3.05) is 6.61 Å². The van der Waals surface area contributed by atoms with Crippen molar-refractivity contribution in [3.05, 3.63) is 29.7 Å². The average Bonchev–Trinajstić information content (AvgIpc) is 2.72. The van der Waals surface area contributed by atoms with Crippen molar-refractivity contribution in [2.45, 2.75) is 39.5 Å². The third kappa shape index (κ3) is 3.10. The van der Waals surface area contributed by atoms with E-state index in [1.165, 1.54) is 0 Å². The largest absolute Gasteiger partial charge is 0.490 e. The molecular weight excluding hydrogens is 256 g/mol. The van der Waals surface area contributed by atoms with Gasteiger partial charge < -0.3 is 14.2 Å². The van der Waals surface area contributed by atoms with Gasteiger partial charge in [-0.25, -0.2) is 4.98 Å². The third-order valence-electron chi connectivity index (χ3n) is 3.24. The summed E-state index contributed by atoms with van der Waals surface area (Å²) in [5.41, 5.74) is 2.13. The van der Waals surface area contributed by atoms with Gasteiger partial charge in [-0.05, 0) is 25.5 Å². The maximum Gasteiger partial charge on any atom is 0.309 e. The lowest BCUT2D eigenvalue weighted by Gasteiger charge is -2.07. The van der Waals surface area contributed by atoms with Gasteiger partial charge in [0.05, 0.1) is 24.4 Å². The van der Waals surface area contributed by atoms with Gasteiger partial charge in [0, 0.05) is 6.20 Å². The van der Waals surface area contributed by atoms with Crippen molar-refractivity contribution in [3.63, 3.8) is 0 Å². The van der Waals surface area contributed by atoms with Crippen LogP contribution in [0.3, 0.4) is 0 Å². The number of carbonyl (C=O) groups is 1. The summed E-state index contributed by atoms with van der Waals surface area (Å²) in [5.74, 6) is -0.146. The summed E-state index contributed by atoms with van der Waals surface area (Å²) in [4.78, 5) is 15.4. The zero-order valence-corrected chi connectivity index (χ0v) is 11.9. The van der Waals surface area contributed by atoms with Crippen LogP contribution >= 0.6 is 0 Å². The van der Waals surface area contributed by atoms with Gasteiger partial charge in [-0.3, -0.25) is 4.79 Å². The normalized spacial score (nSPS) is 10.9. The van der Waals surface area contributed by atoms with Crippen LogP contribution in [-0.2, 0) is 11.2 Å². The first-order valence-corrected chi connectivity index (χ1v) is 6.94. The molecule has 0 bridgehead atoms. The lowest BCUT2D eigenvalue weighted by Crippen LogP contribution is -2.05. The molecule has 1 N–H and O–H groups in total. The van der Waals surface area contributed by atoms with Crippen molar-refractivity contribution in [1.29, 1.82) is 0 Å². The van der Waals surface area contributed by atoms with Gasteiger partial charge in [0.1, 0.15) is 0 Å². The minimum atomic E-state index is -0.857. The molecule has 2 aromatic rings. The number of hydrogen-bond donors (Lipinski definition) is 1. The molecule has 0 unspecified atom stereocenters. The smallest absolute Gasteiger partial charge is 0.309 e. The van der Waals surface area contributed by atoms with E-state index >= 15 is 0 Å². The lowest BCUT2D eigenvalue weighted by molar-refractivity contribution is -0.136. The molecule has 2 aromatic heterocycles. The SMILES string of the molecule is CCCCCOc1cccn2c(CC(=O)O)c(C)nc12. The Labute approximate surface area is 118 Å². The van der Waals surface area contributed by atoms with Gasteiger partial charge in [0.15, 0.2) is 11.4 Å². The molecule has 0 saturated carbocycles. The van der Waals surface area contributed by atoms with E-state index in [-0.39, 0.29) is 6.42 Å². The van der Waals surface area contributed by atoms with E-state index in [1.807, 2.05) is 25.3 Å². The fourth-order valence-electron chi connectivity index (χ4n) is 2.21. The summed E-state index contributed by atoms with van der Waals surface area (Å²) in [5, 5.41) is 8.97. The number of pyridine rings is 1. The first kappa shape index (κ1) is 14.4. The summed E-state index contributed by atoms with van der Waals surface area (Å²) in [6, 6.07) is 3.73. The van der Waals surface area contributed by atoms with E-state index < -0.39 is 5.97 Å². The molecule has 5 nitrogen and oxygen atoms in total. The highest BCUT2D eigenvalue weighted by atomic mass is 16.5. The van der Waals surface area contributed by atoms with Crippen molar-refractivity contribution < 1.29 is 14.6 Å². The summed E-state index contributed by atoms with van der Waals surface area (Å²) in [6.07, 6.45) is 5.09. The molecule has 20 heavy (non-hydrogen) atoms. The number of unbranched alkanes of at least 4 members (excludes halogenated alkanes) is 2. The van der Waals surface area contributed by atoms with Crippen LogP contribution in [0.4, 0.5) is 0 Å². The lowest BCUT2D eigenvalue weighted by atomic mass is 10.2. The number of aryl methyl sites for hydroxylation is 1. The standard InChI is InChI=1S/C15H20N2O3/c1-3-4-5-9-20-13-7-6-8-17-12(10-14(18)19)11(2)16-15(13)17/h6-8H,3-5,9-10H2,1-2H3,(H,18,19). The Balaban J connectivity index is 2.26. The molecule has 5 heteroatoms. The molecular formula is C15H20N2O3. The van der Waals surface area contributed by atoms with E-state index in [0.29, 0.717) is 23.7 Å². The Bertz CT molecular complexity index is 604. The number of imidazole rings is 1. The predicted molar refractivity (Wildman–Crippen MR) is 76.3 cm³/mol. The van der Waals surface area contributed by atoms with Gasteiger partial charge in [0.25, 0.3) is 0 Å². The van der Waals surface area contributed by atoms with Crippen LogP contribution in [0.15, 0.2) is 18.3 Å². The maximum atomic E-state index is 10.9. The zero-order chi connectivity index (χ0) is 14.5. The molecule has 0 radical (unpaired) electrons. The fraction of sp³-hybridized carbons (Fsp3) is 0.467. The number of ether oxygens (including phenoxy) is 1. The quantitative estimate of drug-likeness (QED) is 0.790. The summed E-state index contributed by atoms with van der Waals surface area (Å²) < 4.78 is 7.57. The number of rotatable bonds is 7. The highest BCUT2D eigenvalue weighted by Gasteiger charge is 2.14. The van der Waals surface area contributed by atoms with Gasteiger partial charge >= 0.3 is 5.97 Å². The maximum absolute atomic E-state index is 10.9. The van der Waals surface area contributed by atoms with E-state index in [1.54, 1.807) is 4.40 Å². The molecule has 108 valence electrons. The molecule has 0 aliphatic heterocycles. The van der Waals surface area contributed by atoms with Crippen LogP contribution < -0.4 is 4.74 Å². The Hall–Kier alpha value is -2.04. The number of fused-ring (bicyclic) bond motifs is 1. The average molecular weight is 276 g/mol. The number of aromatic nitrogens is 2. The molecule has 2 rings (SSSR count). The molecule has 0 atom stereocenters. The molecule has 0 aromatic carbocycles. The predicted octanol–water partition coefficient (Wildman–Crippen LogP) is 2.84. The molecule has 0 fully saturated rings. The topological polar surface area (TPSA) is 63.8 Å². The number of aliphatic carboxylic acids is 1. The number of nitrogens with zero attached hydrogens (tertiary/aromatic N) is 2.